The maximum Gasteiger partial charge on any atom is 0.304 e. The zero-order valence-corrected chi connectivity index (χ0v) is 14.9. The van der Waals surface area contributed by atoms with Crippen molar-refractivity contribution in [2.24, 2.45) is 10.7 Å². The van der Waals surface area contributed by atoms with E-state index in [1.54, 1.807) is 6.08 Å². The van der Waals surface area contributed by atoms with Crippen molar-refractivity contribution in [3.8, 4) is 0 Å². The molecule has 0 atom stereocenters. The number of rotatable bonds is 7. The van der Waals surface area contributed by atoms with E-state index in [2.05, 4.69) is 16.3 Å². The van der Waals surface area contributed by atoms with Gasteiger partial charge in [0.15, 0.2) is 0 Å². The molecule has 2 N–H and O–H groups in total. The minimum atomic E-state index is -0.253. The molecule has 0 aromatic carbocycles. The zero-order chi connectivity index (χ0) is 14.0. The van der Waals surface area contributed by atoms with Crippen molar-refractivity contribution in [1.82, 2.24) is 0 Å². The van der Waals surface area contributed by atoms with E-state index >= 15 is 0 Å². The largest absolute Gasteiger partial charge is 0.469 e. The molecule has 5 heteroatoms. The molecule has 0 bridgehead atoms. The molecule has 0 rings (SSSR count). The molecule has 0 aromatic rings. The smallest absolute Gasteiger partial charge is 0.304 e. The van der Waals surface area contributed by atoms with E-state index in [0.717, 1.165) is 11.6 Å². The normalized spacial score (nSPS) is 11.9. The fourth-order valence-electron chi connectivity index (χ4n) is 1.17. The predicted molar refractivity (Wildman–Crippen MR) is 74.9 cm³/mol. The van der Waals surface area contributed by atoms with Gasteiger partial charge in [0.1, 0.15) is 0 Å². The molecule has 0 heterocycles. The van der Waals surface area contributed by atoms with Crippen LogP contribution in [0.15, 0.2) is 41.4 Å². The van der Waals surface area contributed by atoms with Gasteiger partial charge in [-0.3, -0.25) is 4.79 Å². The Morgan fingerprint density at radius 1 is 1.53 bits per heavy atom. The van der Waals surface area contributed by atoms with Crippen LogP contribution in [0.5, 0.6) is 0 Å². The molecule has 0 saturated carbocycles. The van der Waals surface area contributed by atoms with Crippen LogP contribution in [0, 0.1) is 6.04 Å². The van der Waals surface area contributed by atoms with Crippen molar-refractivity contribution in [3.63, 3.8) is 0 Å². The van der Waals surface area contributed by atoms with Crippen LogP contribution in [0.1, 0.15) is 26.7 Å². The number of ether oxygens (including phenoxy) is 1. The number of carbonyl (C=O) groups is 1. The van der Waals surface area contributed by atoms with Gasteiger partial charge in [0.25, 0.3) is 0 Å². The summed E-state index contributed by atoms with van der Waals surface area (Å²) in [5, 5.41) is 0. The van der Waals surface area contributed by atoms with Crippen molar-refractivity contribution in [2.45, 2.75) is 26.7 Å². The van der Waals surface area contributed by atoms with Crippen LogP contribution in [0.2, 0.25) is 0 Å². The van der Waals surface area contributed by atoms with Gasteiger partial charge in [0.05, 0.1) is 7.11 Å². The van der Waals surface area contributed by atoms with Crippen LogP contribution in [0.4, 0.5) is 0 Å². The minimum Gasteiger partial charge on any atom is -0.469 e. The molecule has 0 fully saturated rings. The van der Waals surface area contributed by atoms with Gasteiger partial charge in [-0.25, -0.2) is 0 Å². The summed E-state index contributed by atoms with van der Waals surface area (Å²) in [7, 11) is 1.37. The van der Waals surface area contributed by atoms with E-state index in [1.807, 2.05) is 32.1 Å². The molecule has 0 saturated heterocycles. The summed E-state index contributed by atoms with van der Waals surface area (Å²) in [5.74, 6) is 0.141. The number of methoxy groups -OCH3 is 1. The molecule has 0 aliphatic rings. The van der Waals surface area contributed by atoms with E-state index in [-0.39, 0.29) is 25.4 Å². The van der Waals surface area contributed by atoms with Crippen molar-refractivity contribution in [2.75, 3.05) is 7.11 Å². The molecule has 0 amide bonds. The number of allylic oxidation sites excluding steroid dienone is 3. The SMILES string of the molecule is C=C/C(=C\C=C/C)C(N)=N[C-](C)CCC(=O)OC.[Zn]. The minimum absolute atomic E-state index is 0. The van der Waals surface area contributed by atoms with Crippen LogP contribution in [0.3, 0.4) is 0 Å². The number of hydrogen-bond acceptors (Lipinski definition) is 3. The molecule has 0 aliphatic carbocycles. The third kappa shape index (κ3) is 9.26. The third-order valence-electron chi connectivity index (χ3n) is 2.21. The Morgan fingerprint density at radius 3 is 2.63 bits per heavy atom. The molecular weight excluding hydrogens is 294 g/mol. The summed E-state index contributed by atoms with van der Waals surface area (Å²) in [6.45, 7) is 7.42. The molecule has 4 nitrogen and oxygen atoms in total. The Morgan fingerprint density at radius 2 is 2.16 bits per heavy atom. The van der Waals surface area contributed by atoms with Gasteiger partial charge in [-0.1, -0.05) is 49.8 Å². The summed E-state index contributed by atoms with van der Waals surface area (Å²) in [4.78, 5) is 15.2. The average Bonchev–Trinajstić information content (AvgIpc) is 2.36. The Balaban J connectivity index is 0. The van der Waals surface area contributed by atoms with Crippen molar-refractivity contribution >= 4 is 11.8 Å². The number of nitrogens with two attached hydrogens (primary N) is 1. The second-order valence-corrected chi connectivity index (χ2v) is 3.66. The quantitative estimate of drug-likeness (QED) is 0.196. The van der Waals surface area contributed by atoms with E-state index < -0.39 is 0 Å². The van der Waals surface area contributed by atoms with Gasteiger partial charge in [0.2, 0.25) is 0 Å². The summed E-state index contributed by atoms with van der Waals surface area (Å²) in [6.07, 6.45) is 8.07. The maximum atomic E-state index is 11.0. The molecule has 0 unspecified atom stereocenters. The Labute approximate surface area is 128 Å². The van der Waals surface area contributed by atoms with Gasteiger partial charge in [-0.2, -0.15) is 0 Å². The van der Waals surface area contributed by atoms with E-state index in [9.17, 15) is 4.79 Å². The van der Waals surface area contributed by atoms with Crippen molar-refractivity contribution in [1.29, 1.82) is 0 Å². The van der Waals surface area contributed by atoms with Crippen LogP contribution >= 0.6 is 0 Å². The molecular formula is C14H21N2O2Zn-. The molecule has 0 aromatic heterocycles. The Kier molecular flexibility index (Phi) is 12.3. The third-order valence-corrected chi connectivity index (χ3v) is 2.21. The summed E-state index contributed by atoms with van der Waals surface area (Å²) < 4.78 is 4.56. The first-order valence-electron chi connectivity index (χ1n) is 5.74. The van der Waals surface area contributed by atoms with Gasteiger partial charge >= 0.3 is 5.97 Å². The second-order valence-electron chi connectivity index (χ2n) is 3.66. The van der Waals surface area contributed by atoms with E-state index in [1.165, 1.54) is 7.11 Å². The Hall–Kier alpha value is -1.35. The van der Waals surface area contributed by atoms with E-state index in [4.69, 9.17) is 5.73 Å². The first kappa shape index (κ1) is 20.0. The van der Waals surface area contributed by atoms with Crippen molar-refractivity contribution in [3.05, 3.63) is 42.5 Å². The number of aliphatic imine (C=N–C) groups is 1. The molecule has 19 heavy (non-hydrogen) atoms. The predicted octanol–water partition coefficient (Wildman–Crippen LogP) is 2.53. The van der Waals surface area contributed by atoms with Crippen LogP contribution in [-0.2, 0) is 29.0 Å². The molecule has 0 aliphatic heterocycles. The summed E-state index contributed by atoms with van der Waals surface area (Å²) in [6, 6.07) is 0.783. The monoisotopic (exact) mass is 313 g/mol. The summed E-state index contributed by atoms with van der Waals surface area (Å²) >= 11 is 0. The molecule has 0 spiro atoms. The Bertz CT molecular complexity index is 374. The number of carbonyl (C=O) groups excluding carboxylic acids is 1. The fraction of sp³-hybridized carbons (Fsp3) is 0.357. The number of nitrogens with zero attached hydrogens (tertiary/aromatic N) is 1. The first-order chi connectivity index (χ1) is 8.54. The van der Waals surface area contributed by atoms with Crippen molar-refractivity contribution < 1.29 is 29.0 Å². The van der Waals surface area contributed by atoms with Crippen LogP contribution in [0.25, 0.3) is 0 Å². The summed E-state index contributed by atoms with van der Waals surface area (Å²) in [5.41, 5.74) is 6.60. The first-order valence-corrected chi connectivity index (χ1v) is 5.74. The number of hydrogen-bond donors (Lipinski definition) is 1. The van der Waals surface area contributed by atoms with Crippen LogP contribution in [-0.4, -0.2) is 18.9 Å². The van der Waals surface area contributed by atoms with E-state index in [0.29, 0.717) is 18.7 Å². The maximum absolute atomic E-state index is 11.0. The van der Waals surface area contributed by atoms with Gasteiger partial charge in [-0.15, -0.1) is 6.04 Å². The zero-order valence-electron chi connectivity index (χ0n) is 12.0. The number of esters is 1. The topological polar surface area (TPSA) is 64.7 Å². The van der Waals surface area contributed by atoms with Gasteiger partial charge in [0, 0.05) is 25.9 Å². The molecule has 0 radical (unpaired) electrons. The van der Waals surface area contributed by atoms with Gasteiger partial charge < -0.3 is 15.5 Å². The second kappa shape index (κ2) is 11.7. The fourth-order valence-corrected chi connectivity index (χ4v) is 1.17. The number of amidine groups is 1. The standard InChI is InChI=1S/C14H21N2O2.Zn/c1-5-7-8-12(6-2)14(15)16-11(3)9-10-13(17)18-4;/h5-8H,2,9-10H2,1,3-4H3,(H2,15,16);/q-1;/b7-5-,12-8+;. The molecule has 102 valence electrons. The average molecular weight is 315 g/mol. The van der Waals surface area contributed by atoms with Gasteiger partial charge in [-0.05, 0) is 12.8 Å². The van der Waals surface area contributed by atoms with Crippen LogP contribution < -0.4 is 5.73 Å².